The number of anilines is 1. The molecule has 0 aliphatic heterocycles. The molecule has 2 amide bonds. The molecule has 3 rings (SSSR count). The minimum Gasteiger partial charge on any atom is -0.348 e. The highest BCUT2D eigenvalue weighted by molar-refractivity contribution is 6.31. The molecule has 0 bridgehead atoms. The zero-order chi connectivity index (χ0) is 20.1. The molecule has 6 heteroatoms. The number of carbonyl (C=O) groups is 2. The number of amides is 2. The van der Waals surface area contributed by atoms with Crippen LogP contribution in [0.5, 0.6) is 0 Å². The molecule has 28 heavy (non-hydrogen) atoms. The fourth-order valence-electron chi connectivity index (χ4n) is 2.55. The first-order valence-corrected chi connectivity index (χ1v) is 9.17. The van der Waals surface area contributed by atoms with Crippen molar-refractivity contribution in [1.29, 1.82) is 0 Å². The third-order valence-electron chi connectivity index (χ3n) is 4.26. The summed E-state index contributed by atoms with van der Waals surface area (Å²) in [6, 6.07) is 16.2. The van der Waals surface area contributed by atoms with Gasteiger partial charge in [-0.1, -0.05) is 47.5 Å². The topological polar surface area (TPSA) is 71.1 Å². The number of hydrogen-bond donors (Lipinski definition) is 2. The lowest BCUT2D eigenvalue weighted by molar-refractivity contribution is 0.0951. The quantitative estimate of drug-likeness (QED) is 0.668. The van der Waals surface area contributed by atoms with Crippen molar-refractivity contribution in [2.24, 2.45) is 0 Å². The Kier molecular flexibility index (Phi) is 6.06. The zero-order valence-electron chi connectivity index (χ0n) is 15.6. The highest BCUT2D eigenvalue weighted by Crippen LogP contribution is 2.20. The molecular weight excluding hydrogens is 374 g/mol. The van der Waals surface area contributed by atoms with Crippen LogP contribution in [0, 0.1) is 13.8 Å². The van der Waals surface area contributed by atoms with Crippen LogP contribution in [0.3, 0.4) is 0 Å². The summed E-state index contributed by atoms with van der Waals surface area (Å²) in [7, 11) is 0. The van der Waals surface area contributed by atoms with Crippen molar-refractivity contribution in [3.8, 4) is 0 Å². The maximum atomic E-state index is 12.4. The highest BCUT2D eigenvalue weighted by Gasteiger charge is 2.12. The molecule has 1 heterocycles. The lowest BCUT2D eigenvalue weighted by Gasteiger charge is -2.08. The van der Waals surface area contributed by atoms with E-state index in [1.54, 1.807) is 18.2 Å². The predicted molar refractivity (Wildman–Crippen MR) is 111 cm³/mol. The van der Waals surface area contributed by atoms with Crippen molar-refractivity contribution in [2.45, 2.75) is 20.4 Å². The van der Waals surface area contributed by atoms with Crippen LogP contribution in [0.4, 0.5) is 5.69 Å². The van der Waals surface area contributed by atoms with Crippen LogP contribution in [0.25, 0.3) is 0 Å². The van der Waals surface area contributed by atoms with E-state index in [4.69, 9.17) is 11.6 Å². The van der Waals surface area contributed by atoms with Gasteiger partial charge in [0.2, 0.25) is 0 Å². The summed E-state index contributed by atoms with van der Waals surface area (Å²) in [5.74, 6) is -0.677. The third-order valence-corrected chi connectivity index (χ3v) is 4.67. The van der Waals surface area contributed by atoms with Crippen LogP contribution in [0.15, 0.2) is 60.8 Å². The van der Waals surface area contributed by atoms with E-state index in [9.17, 15) is 9.59 Å². The SMILES string of the molecule is Cc1ccc(CNC(=O)c2ccnc(C(=O)Nc3ccc(C)c(Cl)c3)c2)cc1. The van der Waals surface area contributed by atoms with E-state index in [2.05, 4.69) is 15.6 Å². The minimum atomic E-state index is -0.409. The molecule has 0 saturated heterocycles. The van der Waals surface area contributed by atoms with Gasteiger partial charge in [0.05, 0.1) is 0 Å². The minimum absolute atomic E-state index is 0.152. The van der Waals surface area contributed by atoms with Crippen LogP contribution in [0.2, 0.25) is 5.02 Å². The van der Waals surface area contributed by atoms with Crippen LogP contribution in [-0.4, -0.2) is 16.8 Å². The Morgan fingerprint density at radius 2 is 1.71 bits per heavy atom. The van der Waals surface area contributed by atoms with E-state index in [0.717, 1.165) is 16.7 Å². The van der Waals surface area contributed by atoms with Gasteiger partial charge in [-0.15, -0.1) is 0 Å². The smallest absolute Gasteiger partial charge is 0.274 e. The van der Waals surface area contributed by atoms with E-state index in [1.165, 1.54) is 12.3 Å². The molecule has 3 aromatic rings. The Bertz CT molecular complexity index is 1020. The van der Waals surface area contributed by atoms with Crippen molar-refractivity contribution in [1.82, 2.24) is 10.3 Å². The van der Waals surface area contributed by atoms with Gasteiger partial charge in [0.25, 0.3) is 11.8 Å². The van der Waals surface area contributed by atoms with E-state index in [1.807, 2.05) is 44.2 Å². The van der Waals surface area contributed by atoms with E-state index in [0.29, 0.717) is 22.8 Å². The molecule has 2 aromatic carbocycles. The number of aromatic nitrogens is 1. The predicted octanol–water partition coefficient (Wildman–Crippen LogP) is 4.53. The Morgan fingerprint density at radius 1 is 0.964 bits per heavy atom. The Labute approximate surface area is 168 Å². The molecule has 0 spiro atoms. The number of halogens is 1. The summed E-state index contributed by atoms with van der Waals surface area (Å²) in [5, 5.41) is 6.15. The van der Waals surface area contributed by atoms with Crippen LogP contribution in [0.1, 0.15) is 37.5 Å². The third kappa shape index (κ3) is 4.96. The van der Waals surface area contributed by atoms with Crippen molar-refractivity contribution >= 4 is 29.1 Å². The first kappa shape index (κ1) is 19.6. The summed E-state index contributed by atoms with van der Waals surface area (Å²) in [6.07, 6.45) is 1.44. The number of nitrogens with one attached hydrogen (secondary N) is 2. The van der Waals surface area contributed by atoms with Crippen molar-refractivity contribution < 1.29 is 9.59 Å². The van der Waals surface area contributed by atoms with Gasteiger partial charge in [0, 0.05) is 29.0 Å². The number of hydrogen-bond acceptors (Lipinski definition) is 3. The Balaban J connectivity index is 1.66. The highest BCUT2D eigenvalue weighted by atomic mass is 35.5. The maximum absolute atomic E-state index is 12.4. The summed E-state index contributed by atoms with van der Waals surface area (Å²) in [4.78, 5) is 28.9. The first-order valence-electron chi connectivity index (χ1n) is 8.79. The molecule has 142 valence electrons. The summed E-state index contributed by atoms with van der Waals surface area (Å²) in [6.45, 7) is 4.30. The number of pyridine rings is 1. The molecule has 0 radical (unpaired) electrons. The average molecular weight is 394 g/mol. The van der Waals surface area contributed by atoms with Gasteiger partial charge >= 0.3 is 0 Å². The number of rotatable bonds is 5. The molecule has 0 saturated carbocycles. The van der Waals surface area contributed by atoms with Gasteiger partial charge in [-0.3, -0.25) is 14.6 Å². The van der Waals surface area contributed by atoms with Crippen molar-refractivity contribution in [3.05, 3.63) is 93.8 Å². The normalized spacial score (nSPS) is 10.4. The first-order chi connectivity index (χ1) is 13.4. The van der Waals surface area contributed by atoms with E-state index < -0.39 is 5.91 Å². The lowest BCUT2D eigenvalue weighted by Crippen LogP contribution is -2.23. The molecule has 5 nitrogen and oxygen atoms in total. The standard InChI is InChI=1S/C22H20ClN3O2/c1-14-3-6-16(7-4-14)13-25-21(27)17-9-10-24-20(11-17)22(28)26-18-8-5-15(2)19(23)12-18/h3-12H,13H2,1-2H3,(H,25,27)(H,26,28). The number of benzene rings is 2. The van der Waals surface area contributed by atoms with E-state index >= 15 is 0 Å². The van der Waals surface area contributed by atoms with Crippen molar-refractivity contribution in [2.75, 3.05) is 5.32 Å². The number of aryl methyl sites for hydroxylation is 2. The van der Waals surface area contributed by atoms with Gasteiger partial charge in [-0.2, -0.15) is 0 Å². The van der Waals surface area contributed by atoms with Gasteiger partial charge < -0.3 is 10.6 Å². The maximum Gasteiger partial charge on any atom is 0.274 e. The molecule has 0 aliphatic carbocycles. The second-order valence-electron chi connectivity index (χ2n) is 6.52. The Morgan fingerprint density at radius 3 is 2.43 bits per heavy atom. The van der Waals surface area contributed by atoms with Crippen LogP contribution < -0.4 is 10.6 Å². The average Bonchev–Trinajstić information content (AvgIpc) is 2.70. The fraction of sp³-hybridized carbons (Fsp3) is 0.136. The van der Waals surface area contributed by atoms with Gasteiger partial charge in [-0.25, -0.2) is 0 Å². The summed E-state index contributed by atoms with van der Waals surface area (Å²) < 4.78 is 0. The number of carbonyl (C=O) groups excluding carboxylic acids is 2. The molecule has 0 unspecified atom stereocenters. The monoisotopic (exact) mass is 393 g/mol. The van der Waals surface area contributed by atoms with Gasteiger partial charge in [0.1, 0.15) is 5.69 Å². The Hall–Kier alpha value is -3.18. The summed E-state index contributed by atoms with van der Waals surface area (Å²) >= 11 is 6.08. The molecule has 0 aliphatic rings. The van der Waals surface area contributed by atoms with Crippen LogP contribution >= 0.6 is 11.6 Å². The molecule has 2 N–H and O–H groups in total. The fourth-order valence-corrected chi connectivity index (χ4v) is 2.73. The molecule has 1 aromatic heterocycles. The zero-order valence-corrected chi connectivity index (χ0v) is 16.4. The van der Waals surface area contributed by atoms with Crippen LogP contribution in [-0.2, 0) is 6.54 Å². The van der Waals surface area contributed by atoms with E-state index in [-0.39, 0.29) is 11.6 Å². The van der Waals surface area contributed by atoms with Gasteiger partial charge in [-0.05, 0) is 49.2 Å². The summed E-state index contributed by atoms with van der Waals surface area (Å²) in [5.41, 5.74) is 4.17. The largest absolute Gasteiger partial charge is 0.348 e. The van der Waals surface area contributed by atoms with Crippen molar-refractivity contribution in [3.63, 3.8) is 0 Å². The second kappa shape index (κ2) is 8.67. The lowest BCUT2D eigenvalue weighted by atomic mass is 10.1. The second-order valence-corrected chi connectivity index (χ2v) is 6.92. The van der Waals surface area contributed by atoms with Gasteiger partial charge in [0.15, 0.2) is 0 Å². The molecule has 0 fully saturated rings. The number of nitrogens with zero attached hydrogens (tertiary/aromatic N) is 1. The molecular formula is C22H20ClN3O2. The molecule has 0 atom stereocenters.